The molecule has 0 aliphatic heterocycles. The van der Waals surface area contributed by atoms with Crippen LogP contribution in [0.25, 0.3) is 0 Å². The van der Waals surface area contributed by atoms with Crippen LogP contribution in [0.4, 0.5) is 0 Å². The molecule has 2 nitrogen and oxygen atoms in total. The quantitative estimate of drug-likeness (QED) is 0.708. The lowest BCUT2D eigenvalue weighted by Gasteiger charge is -2.29. The van der Waals surface area contributed by atoms with Crippen LogP contribution in [0.5, 0.6) is 0 Å². The van der Waals surface area contributed by atoms with Gasteiger partial charge in [-0.05, 0) is 25.4 Å². The molecular formula is C12H28N2. The fraction of sp³-hybridized carbons (Fsp3) is 1.00. The minimum atomic E-state index is 0.364. The number of nitrogens with one attached hydrogen (secondary N) is 1. The van der Waals surface area contributed by atoms with E-state index in [9.17, 15) is 0 Å². The van der Waals surface area contributed by atoms with E-state index in [0.717, 1.165) is 26.2 Å². The molecule has 0 rings (SSSR count). The summed E-state index contributed by atoms with van der Waals surface area (Å²) < 4.78 is 0. The molecule has 0 radical (unpaired) electrons. The van der Waals surface area contributed by atoms with Crippen LogP contribution in [0.2, 0.25) is 0 Å². The van der Waals surface area contributed by atoms with Gasteiger partial charge in [-0.25, -0.2) is 0 Å². The SMILES string of the molecule is CCN(CC)CCNC(C)C(C)(C)C. The van der Waals surface area contributed by atoms with Gasteiger partial charge in [0.25, 0.3) is 0 Å². The second-order valence-corrected chi connectivity index (χ2v) is 5.07. The van der Waals surface area contributed by atoms with Gasteiger partial charge in [0.15, 0.2) is 0 Å². The fourth-order valence-corrected chi connectivity index (χ4v) is 1.29. The van der Waals surface area contributed by atoms with Crippen LogP contribution >= 0.6 is 0 Å². The molecule has 1 unspecified atom stereocenters. The van der Waals surface area contributed by atoms with E-state index < -0.39 is 0 Å². The Morgan fingerprint density at radius 3 is 2.00 bits per heavy atom. The number of rotatable bonds is 6. The molecule has 0 saturated heterocycles. The minimum Gasteiger partial charge on any atom is -0.312 e. The van der Waals surface area contributed by atoms with Gasteiger partial charge in [-0.3, -0.25) is 0 Å². The topological polar surface area (TPSA) is 15.3 Å². The Balaban J connectivity index is 3.63. The van der Waals surface area contributed by atoms with Gasteiger partial charge in [0.2, 0.25) is 0 Å². The van der Waals surface area contributed by atoms with Gasteiger partial charge in [0.1, 0.15) is 0 Å². The zero-order valence-corrected chi connectivity index (χ0v) is 10.9. The van der Waals surface area contributed by atoms with Crippen molar-refractivity contribution in [2.45, 2.75) is 47.6 Å². The highest BCUT2D eigenvalue weighted by Gasteiger charge is 2.18. The number of hydrogen-bond acceptors (Lipinski definition) is 2. The minimum absolute atomic E-state index is 0.364. The van der Waals surface area contributed by atoms with Crippen LogP contribution < -0.4 is 5.32 Å². The molecule has 14 heavy (non-hydrogen) atoms. The van der Waals surface area contributed by atoms with Crippen LogP contribution in [-0.2, 0) is 0 Å². The zero-order valence-electron chi connectivity index (χ0n) is 10.9. The third kappa shape index (κ3) is 5.61. The Kier molecular flexibility index (Phi) is 6.38. The lowest BCUT2D eigenvalue weighted by atomic mass is 9.88. The second kappa shape index (κ2) is 6.41. The molecule has 1 atom stereocenters. The van der Waals surface area contributed by atoms with E-state index in [2.05, 4.69) is 51.8 Å². The van der Waals surface area contributed by atoms with Gasteiger partial charge >= 0.3 is 0 Å². The number of likely N-dealkylation sites (N-methyl/N-ethyl adjacent to an activating group) is 1. The average Bonchev–Trinajstić information content (AvgIpc) is 2.10. The maximum Gasteiger partial charge on any atom is 0.0107 e. The Bertz CT molecular complexity index is 134. The summed E-state index contributed by atoms with van der Waals surface area (Å²) >= 11 is 0. The molecule has 0 bridgehead atoms. The highest BCUT2D eigenvalue weighted by Crippen LogP contribution is 2.17. The first-order valence-electron chi connectivity index (χ1n) is 5.87. The molecule has 0 spiro atoms. The van der Waals surface area contributed by atoms with E-state index >= 15 is 0 Å². The first-order valence-corrected chi connectivity index (χ1v) is 5.87. The standard InChI is InChI=1S/C12H28N2/c1-7-14(8-2)10-9-13-11(3)12(4,5)6/h11,13H,7-10H2,1-6H3. The van der Waals surface area contributed by atoms with Gasteiger partial charge < -0.3 is 10.2 Å². The van der Waals surface area contributed by atoms with Gasteiger partial charge in [-0.2, -0.15) is 0 Å². The lowest BCUT2D eigenvalue weighted by Crippen LogP contribution is -2.41. The molecule has 0 fully saturated rings. The van der Waals surface area contributed by atoms with Crippen LogP contribution in [-0.4, -0.2) is 37.1 Å². The van der Waals surface area contributed by atoms with Crippen molar-refractivity contribution in [1.82, 2.24) is 10.2 Å². The maximum absolute atomic E-state index is 3.58. The average molecular weight is 200 g/mol. The van der Waals surface area contributed by atoms with Crippen molar-refractivity contribution in [2.24, 2.45) is 5.41 Å². The van der Waals surface area contributed by atoms with E-state index in [-0.39, 0.29) is 0 Å². The molecule has 0 aliphatic carbocycles. The van der Waals surface area contributed by atoms with E-state index in [0.29, 0.717) is 11.5 Å². The van der Waals surface area contributed by atoms with E-state index in [1.54, 1.807) is 0 Å². The molecule has 86 valence electrons. The molecule has 1 N–H and O–H groups in total. The Morgan fingerprint density at radius 2 is 1.64 bits per heavy atom. The molecule has 0 aromatic carbocycles. The second-order valence-electron chi connectivity index (χ2n) is 5.07. The summed E-state index contributed by atoms with van der Waals surface area (Å²) in [7, 11) is 0. The molecule has 2 heteroatoms. The van der Waals surface area contributed by atoms with Crippen molar-refractivity contribution in [1.29, 1.82) is 0 Å². The normalized spacial score (nSPS) is 14.8. The van der Waals surface area contributed by atoms with Gasteiger partial charge in [-0.15, -0.1) is 0 Å². The van der Waals surface area contributed by atoms with Crippen molar-refractivity contribution >= 4 is 0 Å². The fourth-order valence-electron chi connectivity index (χ4n) is 1.29. The molecule has 0 aromatic rings. The predicted molar refractivity (Wildman–Crippen MR) is 64.7 cm³/mol. The summed E-state index contributed by atoms with van der Waals surface area (Å²) in [4.78, 5) is 2.45. The van der Waals surface area contributed by atoms with Crippen LogP contribution in [0.1, 0.15) is 41.5 Å². The summed E-state index contributed by atoms with van der Waals surface area (Å²) in [6, 6.07) is 0.582. The largest absolute Gasteiger partial charge is 0.312 e. The Morgan fingerprint density at radius 1 is 1.14 bits per heavy atom. The maximum atomic E-state index is 3.58. The molecule has 0 aliphatic rings. The summed E-state index contributed by atoms with van der Waals surface area (Å²) in [5.41, 5.74) is 0.364. The Labute approximate surface area is 90.1 Å². The van der Waals surface area contributed by atoms with Crippen LogP contribution in [0, 0.1) is 5.41 Å². The third-order valence-corrected chi connectivity index (χ3v) is 3.07. The highest BCUT2D eigenvalue weighted by molar-refractivity contribution is 4.76. The van der Waals surface area contributed by atoms with E-state index in [4.69, 9.17) is 0 Å². The van der Waals surface area contributed by atoms with Gasteiger partial charge in [0, 0.05) is 19.1 Å². The van der Waals surface area contributed by atoms with Crippen LogP contribution in [0.15, 0.2) is 0 Å². The molecule has 0 aromatic heterocycles. The van der Waals surface area contributed by atoms with Crippen molar-refractivity contribution in [3.63, 3.8) is 0 Å². The molecule has 0 heterocycles. The molecule has 0 amide bonds. The first-order chi connectivity index (χ1) is 6.41. The molecular weight excluding hydrogens is 172 g/mol. The number of hydrogen-bond donors (Lipinski definition) is 1. The summed E-state index contributed by atoms with van der Waals surface area (Å²) in [6.07, 6.45) is 0. The van der Waals surface area contributed by atoms with Crippen molar-refractivity contribution in [2.75, 3.05) is 26.2 Å². The van der Waals surface area contributed by atoms with Crippen molar-refractivity contribution in [3.05, 3.63) is 0 Å². The van der Waals surface area contributed by atoms with Crippen LogP contribution in [0.3, 0.4) is 0 Å². The summed E-state index contributed by atoms with van der Waals surface area (Å²) in [5, 5.41) is 3.58. The lowest BCUT2D eigenvalue weighted by molar-refractivity contribution is 0.255. The summed E-state index contributed by atoms with van der Waals surface area (Å²) in [6.45, 7) is 18.1. The smallest absolute Gasteiger partial charge is 0.0107 e. The number of nitrogens with zero attached hydrogens (tertiary/aromatic N) is 1. The van der Waals surface area contributed by atoms with Crippen molar-refractivity contribution < 1.29 is 0 Å². The van der Waals surface area contributed by atoms with Gasteiger partial charge in [0.05, 0.1) is 0 Å². The Hall–Kier alpha value is -0.0800. The predicted octanol–water partition coefficient (Wildman–Crippen LogP) is 2.35. The van der Waals surface area contributed by atoms with Gasteiger partial charge in [-0.1, -0.05) is 34.6 Å². The third-order valence-electron chi connectivity index (χ3n) is 3.07. The van der Waals surface area contributed by atoms with Crippen molar-refractivity contribution in [3.8, 4) is 0 Å². The molecule has 0 saturated carbocycles. The summed E-state index contributed by atoms with van der Waals surface area (Å²) in [5.74, 6) is 0. The van der Waals surface area contributed by atoms with E-state index in [1.165, 1.54) is 0 Å². The zero-order chi connectivity index (χ0) is 11.2. The monoisotopic (exact) mass is 200 g/mol. The van der Waals surface area contributed by atoms with E-state index in [1.807, 2.05) is 0 Å². The highest BCUT2D eigenvalue weighted by atomic mass is 15.1. The first kappa shape index (κ1) is 13.9.